The van der Waals surface area contributed by atoms with E-state index in [-0.39, 0.29) is 11.0 Å². The lowest BCUT2D eigenvalue weighted by Gasteiger charge is -2.17. The Balaban J connectivity index is 2.30. The number of rotatable bonds is 4. The van der Waals surface area contributed by atoms with Crippen LogP contribution >= 0.6 is 0 Å². The molecule has 0 fully saturated rings. The van der Waals surface area contributed by atoms with Crippen molar-refractivity contribution >= 4 is 15.7 Å². The average molecular weight is 292 g/mol. The maximum absolute atomic E-state index is 11.3. The Bertz CT molecular complexity index is 700. The minimum absolute atomic E-state index is 0.0260. The van der Waals surface area contributed by atoms with E-state index < -0.39 is 10.0 Å². The van der Waals surface area contributed by atoms with Crippen LogP contribution < -0.4 is 15.6 Å². The van der Waals surface area contributed by atoms with Gasteiger partial charge in [-0.3, -0.25) is 0 Å². The van der Waals surface area contributed by atoms with Gasteiger partial charge >= 0.3 is 0 Å². The molecule has 2 rings (SSSR count). The van der Waals surface area contributed by atoms with E-state index in [9.17, 15) is 8.42 Å². The second kappa shape index (κ2) is 5.52. The smallest absolute Gasteiger partial charge is 0.238 e. The summed E-state index contributed by atoms with van der Waals surface area (Å²) >= 11 is 0. The highest BCUT2D eigenvalue weighted by molar-refractivity contribution is 7.89. The highest BCUT2D eigenvalue weighted by Gasteiger charge is 2.14. The summed E-state index contributed by atoms with van der Waals surface area (Å²) in [4.78, 5) is -0.0260. The molecule has 0 radical (unpaired) electrons. The van der Waals surface area contributed by atoms with E-state index in [4.69, 9.17) is 15.6 Å². The number of ether oxygens (including phenoxy) is 1. The first-order valence-corrected chi connectivity index (χ1v) is 7.56. The van der Waals surface area contributed by atoms with Crippen LogP contribution in [0.1, 0.15) is 18.6 Å². The lowest BCUT2D eigenvalue weighted by atomic mass is 10.1. The first-order chi connectivity index (χ1) is 9.38. The third-order valence-corrected chi connectivity index (χ3v) is 3.80. The van der Waals surface area contributed by atoms with E-state index >= 15 is 0 Å². The molecule has 0 bridgehead atoms. The molecule has 6 heteroatoms. The van der Waals surface area contributed by atoms with Crippen molar-refractivity contribution in [3.05, 3.63) is 54.1 Å². The van der Waals surface area contributed by atoms with Crippen LogP contribution in [0.15, 0.2) is 53.4 Å². The van der Waals surface area contributed by atoms with Crippen LogP contribution in [0.25, 0.3) is 0 Å². The topological polar surface area (TPSA) is 95.4 Å². The van der Waals surface area contributed by atoms with E-state index in [1.54, 1.807) is 0 Å². The van der Waals surface area contributed by atoms with Gasteiger partial charge in [0.25, 0.3) is 0 Å². The molecule has 1 unspecified atom stereocenters. The fourth-order valence-electron chi connectivity index (χ4n) is 1.78. The summed E-state index contributed by atoms with van der Waals surface area (Å²) in [6, 6.07) is 13.7. The van der Waals surface area contributed by atoms with Crippen molar-refractivity contribution in [2.75, 3.05) is 5.73 Å². The van der Waals surface area contributed by atoms with Gasteiger partial charge in [-0.15, -0.1) is 0 Å². The fourth-order valence-corrected chi connectivity index (χ4v) is 2.31. The van der Waals surface area contributed by atoms with Crippen LogP contribution in [-0.2, 0) is 10.0 Å². The van der Waals surface area contributed by atoms with Crippen LogP contribution in [0.5, 0.6) is 5.75 Å². The van der Waals surface area contributed by atoms with Crippen molar-refractivity contribution in [3.8, 4) is 5.75 Å². The molecule has 5 nitrogen and oxygen atoms in total. The monoisotopic (exact) mass is 292 g/mol. The summed E-state index contributed by atoms with van der Waals surface area (Å²) in [7, 11) is -3.78. The molecule has 0 saturated carbocycles. The molecular weight excluding hydrogens is 276 g/mol. The Hall–Kier alpha value is -2.05. The van der Waals surface area contributed by atoms with Gasteiger partial charge < -0.3 is 10.5 Å². The Kier molecular flexibility index (Phi) is 3.96. The van der Waals surface area contributed by atoms with Crippen LogP contribution in [0.3, 0.4) is 0 Å². The quantitative estimate of drug-likeness (QED) is 0.843. The van der Waals surface area contributed by atoms with Crippen molar-refractivity contribution in [1.29, 1.82) is 0 Å². The predicted molar refractivity (Wildman–Crippen MR) is 77.7 cm³/mol. The summed E-state index contributed by atoms with van der Waals surface area (Å²) < 4.78 is 28.4. The van der Waals surface area contributed by atoms with Gasteiger partial charge in [-0.1, -0.05) is 30.3 Å². The molecule has 20 heavy (non-hydrogen) atoms. The van der Waals surface area contributed by atoms with Gasteiger partial charge in [0, 0.05) is 6.07 Å². The first-order valence-electron chi connectivity index (χ1n) is 6.02. The van der Waals surface area contributed by atoms with E-state index in [1.807, 2.05) is 37.3 Å². The third-order valence-electron chi connectivity index (χ3n) is 2.89. The Morgan fingerprint density at radius 3 is 2.35 bits per heavy atom. The van der Waals surface area contributed by atoms with Crippen molar-refractivity contribution in [3.63, 3.8) is 0 Å². The molecule has 0 saturated heterocycles. The van der Waals surface area contributed by atoms with Crippen LogP contribution in [-0.4, -0.2) is 8.42 Å². The van der Waals surface area contributed by atoms with E-state index in [1.165, 1.54) is 18.2 Å². The fraction of sp³-hybridized carbons (Fsp3) is 0.143. The third kappa shape index (κ3) is 3.28. The maximum atomic E-state index is 11.3. The zero-order valence-electron chi connectivity index (χ0n) is 11.0. The summed E-state index contributed by atoms with van der Waals surface area (Å²) in [6.07, 6.45) is -0.255. The molecule has 0 aliphatic carbocycles. The summed E-state index contributed by atoms with van der Waals surface area (Å²) in [5, 5.41) is 5.09. The second-order valence-corrected chi connectivity index (χ2v) is 5.98. The molecule has 0 spiro atoms. The Labute approximate surface area is 118 Å². The molecular formula is C14H16N2O3S. The highest BCUT2D eigenvalue weighted by atomic mass is 32.2. The molecule has 0 aromatic heterocycles. The van der Waals surface area contributed by atoms with Crippen molar-refractivity contribution in [2.24, 2.45) is 5.14 Å². The van der Waals surface area contributed by atoms with Gasteiger partial charge in [-0.05, 0) is 24.6 Å². The number of nitrogens with two attached hydrogens (primary N) is 2. The number of hydrogen-bond acceptors (Lipinski definition) is 4. The molecule has 1 atom stereocenters. The number of nitrogen functional groups attached to an aromatic ring is 1. The molecule has 0 aliphatic rings. The van der Waals surface area contributed by atoms with E-state index in [2.05, 4.69) is 0 Å². The number of anilines is 1. The Morgan fingerprint density at radius 2 is 1.75 bits per heavy atom. The number of benzene rings is 2. The Morgan fingerprint density at radius 1 is 1.10 bits per heavy atom. The summed E-state index contributed by atoms with van der Waals surface area (Å²) in [5.41, 5.74) is 7.13. The summed E-state index contributed by atoms with van der Waals surface area (Å²) in [6.45, 7) is 1.86. The lowest BCUT2D eigenvalue weighted by molar-refractivity contribution is 0.228. The molecule has 2 aromatic carbocycles. The van der Waals surface area contributed by atoms with E-state index in [0.29, 0.717) is 11.4 Å². The zero-order chi connectivity index (χ0) is 14.8. The van der Waals surface area contributed by atoms with E-state index in [0.717, 1.165) is 5.56 Å². The number of hydrogen-bond donors (Lipinski definition) is 2. The van der Waals surface area contributed by atoms with Crippen LogP contribution in [0.4, 0.5) is 5.69 Å². The molecule has 2 aromatic rings. The SMILES string of the molecule is CC(Oc1cc(S(N)(=O)=O)ccc1N)c1ccccc1. The van der Waals surface area contributed by atoms with Gasteiger partial charge in [0.15, 0.2) is 0 Å². The van der Waals surface area contributed by atoms with Gasteiger partial charge in [0.05, 0.1) is 10.6 Å². The van der Waals surface area contributed by atoms with Gasteiger partial charge in [-0.25, -0.2) is 13.6 Å². The van der Waals surface area contributed by atoms with Crippen molar-refractivity contribution < 1.29 is 13.2 Å². The maximum Gasteiger partial charge on any atom is 0.238 e. The minimum atomic E-state index is -3.78. The van der Waals surface area contributed by atoms with Crippen LogP contribution in [0, 0.1) is 0 Å². The normalized spacial score (nSPS) is 12.9. The predicted octanol–water partition coefficient (Wildman–Crippen LogP) is 2.06. The average Bonchev–Trinajstić information content (AvgIpc) is 2.41. The number of primary sulfonamides is 1. The van der Waals surface area contributed by atoms with Crippen LogP contribution in [0.2, 0.25) is 0 Å². The molecule has 4 N–H and O–H groups in total. The molecule has 0 amide bonds. The van der Waals surface area contributed by atoms with Gasteiger partial charge in [0.1, 0.15) is 11.9 Å². The molecule has 0 aliphatic heterocycles. The first kappa shape index (κ1) is 14.4. The molecule has 106 valence electrons. The summed E-state index contributed by atoms with van der Waals surface area (Å²) in [5.74, 6) is 0.299. The van der Waals surface area contributed by atoms with Gasteiger partial charge in [-0.2, -0.15) is 0 Å². The minimum Gasteiger partial charge on any atom is -0.484 e. The lowest BCUT2D eigenvalue weighted by Crippen LogP contribution is -2.13. The van der Waals surface area contributed by atoms with Gasteiger partial charge in [0.2, 0.25) is 10.0 Å². The van der Waals surface area contributed by atoms with Crippen molar-refractivity contribution in [2.45, 2.75) is 17.9 Å². The highest BCUT2D eigenvalue weighted by Crippen LogP contribution is 2.29. The standard InChI is InChI=1S/C14H16N2O3S/c1-10(11-5-3-2-4-6-11)19-14-9-12(20(16,17)18)7-8-13(14)15/h2-10H,15H2,1H3,(H2,16,17,18). The second-order valence-electron chi connectivity index (χ2n) is 4.42. The zero-order valence-corrected chi connectivity index (χ0v) is 11.8. The van der Waals surface area contributed by atoms with Crippen molar-refractivity contribution in [1.82, 2.24) is 0 Å². The largest absolute Gasteiger partial charge is 0.484 e. The molecule has 0 heterocycles. The number of sulfonamides is 1.